The van der Waals surface area contributed by atoms with Gasteiger partial charge in [0.05, 0.1) is 13.2 Å². The minimum Gasteiger partial charge on any atom is -0.378 e. The number of carbonyl (C=O) groups is 1. The minimum absolute atomic E-state index is 0.111. The van der Waals surface area contributed by atoms with E-state index in [4.69, 9.17) is 4.74 Å². The lowest BCUT2D eigenvalue weighted by molar-refractivity contribution is -0.117. The smallest absolute Gasteiger partial charge is 0.244 e. The molecule has 152 valence electrons. The standard InChI is InChI=1S/C19H26N4O4S/c1-2-19(24)21-16-9-14-12-23(13-15(14)10-16)28(25,26)17-3-4-18(20-11-17)22-5-7-27-8-6-22/h2-4,11,14-16H,1,5-10,12-13H2,(H,21,24). The van der Waals surface area contributed by atoms with Gasteiger partial charge in [0.2, 0.25) is 15.9 Å². The number of amides is 1. The zero-order valence-corrected chi connectivity index (χ0v) is 16.6. The van der Waals surface area contributed by atoms with E-state index < -0.39 is 10.0 Å². The molecular weight excluding hydrogens is 380 g/mol. The first-order chi connectivity index (χ1) is 13.5. The van der Waals surface area contributed by atoms with Crippen LogP contribution in [0.5, 0.6) is 0 Å². The van der Waals surface area contributed by atoms with Crippen molar-refractivity contribution in [1.82, 2.24) is 14.6 Å². The van der Waals surface area contributed by atoms with Crippen LogP contribution in [0, 0.1) is 11.8 Å². The number of nitrogens with zero attached hydrogens (tertiary/aromatic N) is 3. The number of nitrogens with one attached hydrogen (secondary N) is 1. The second kappa shape index (κ2) is 7.81. The third-order valence-corrected chi connectivity index (χ3v) is 7.76. The summed E-state index contributed by atoms with van der Waals surface area (Å²) in [7, 11) is -3.55. The van der Waals surface area contributed by atoms with Crippen LogP contribution in [0.25, 0.3) is 0 Å². The van der Waals surface area contributed by atoms with Gasteiger partial charge in [-0.15, -0.1) is 0 Å². The molecule has 3 aliphatic rings. The lowest BCUT2D eigenvalue weighted by atomic mass is 10.0. The summed E-state index contributed by atoms with van der Waals surface area (Å²) >= 11 is 0. The van der Waals surface area contributed by atoms with Gasteiger partial charge >= 0.3 is 0 Å². The molecule has 9 heteroatoms. The molecule has 2 unspecified atom stereocenters. The van der Waals surface area contributed by atoms with Gasteiger partial charge in [-0.05, 0) is 42.9 Å². The number of hydrogen-bond acceptors (Lipinski definition) is 6. The van der Waals surface area contributed by atoms with E-state index >= 15 is 0 Å². The summed E-state index contributed by atoms with van der Waals surface area (Å²) in [5, 5.41) is 2.93. The first kappa shape index (κ1) is 19.4. The van der Waals surface area contributed by atoms with E-state index in [0.717, 1.165) is 31.7 Å². The molecule has 1 aliphatic carbocycles. The summed E-state index contributed by atoms with van der Waals surface area (Å²) in [6, 6.07) is 3.53. The molecule has 1 amide bonds. The van der Waals surface area contributed by atoms with Crippen LogP contribution in [0.4, 0.5) is 5.82 Å². The Kier molecular flexibility index (Phi) is 5.39. The monoisotopic (exact) mass is 406 g/mol. The molecule has 1 aromatic rings. The third kappa shape index (κ3) is 3.78. The summed E-state index contributed by atoms with van der Waals surface area (Å²) < 4.78 is 33.0. The Bertz CT molecular complexity index is 822. The number of hydrogen-bond donors (Lipinski definition) is 1. The largest absolute Gasteiger partial charge is 0.378 e. The summed E-state index contributed by atoms with van der Waals surface area (Å²) in [5.74, 6) is 1.18. The van der Waals surface area contributed by atoms with Crippen molar-refractivity contribution in [3.05, 3.63) is 31.0 Å². The second-order valence-electron chi connectivity index (χ2n) is 7.67. The molecule has 4 rings (SSSR count). The summed E-state index contributed by atoms with van der Waals surface area (Å²) in [4.78, 5) is 18.2. The summed E-state index contributed by atoms with van der Waals surface area (Å²) in [6.07, 6.45) is 4.36. The highest BCUT2D eigenvalue weighted by molar-refractivity contribution is 7.89. The van der Waals surface area contributed by atoms with Gasteiger partial charge in [-0.2, -0.15) is 4.31 Å². The Morgan fingerprint density at radius 2 is 1.89 bits per heavy atom. The van der Waals surface area contributed by atoms with Crippen LogP contribution in [0.15, 0.2) is 35.9 Å². The van der Waals surface area contributed by atoms with E-state index in [1.54, 1.807) is 16.4 Å². The zero-order valence-electron chi connectivity index (χ0n) is 15.8. The van der Waals surface area contributed by atoms with Crippen molar-refractivity contribution >= 4 is 21.7 Å². The van der Waals surface area contributed by atoms with Crippen LogP contribution in [0.2, 0.25) is 0 Å². The first-order valence-electron chi connectivity index (χ1n) is 9.69. The van der Waals surface area contributed by atoms with Crippen LogP contribution in [-0.4, -0.2) is 69.0 Å². The lowest BCUT2D eigenvalue weighted by Gasteiger charge is -2.28. The molecule has 1 aromatic heterocycles. The third-order valence-electron chi connectivity index (χ3n) is 5.94. The highest BCUT2D eigenvalue weighted by atomic mass is 32.2. The number of sulfonamides is 1. The van der Waals surface area contributed by atoms with Crippen molar-refractivity contribution in [2.45, 2.75) is 23.8 Å². The number of rotatable bonds is 5. The number of ether oxygens (including phenoxy) is 1. The van der Waals surface area contributed by atoms with Crippen LogP contribution in [0.3, 0.4) is 0 Å². The Morgan fingerprint density at radius 1 is 1.21 bits per heavy atom. The van der Waals surface area contributed by atoms with Crippen molar-refractivity contribution in [2.24, 2.45) is 11.8 Å². The van der Waals surface area contributed by atoms with Crippen LogP contribution in [-0.2, 0) is 19.6 Å². The maximum atomic E-state index is 13.0. The van der Waals surface area contributed by atoms with Gasteiger partial charge in [0.15, 0.2) is 0 Å². The van der Waals surface area contributed by atoms with Gasteiger partial charge < -0.3 is 15.0 Å². The lowest BCUT2D eigenvalue weighted by Crippen LogP contribution is -2.37. The Hall–Kier alpha value is -1.97. The number of anilines is 1. The maximum absolute atomic E-state index is 13.0. The van der Waals surface area contributed by atoms with Gasteiger partial charge in [0.25, 0.3) is 0 Å². The number of morpholine rings is 1. The van der Waals surface area contributed by atoms with Crippen molar-refractivity contribution < 1.29 is 17.9 Å². The SMILES string of the molecule is C=CC(=O)NC1CC2CN(S(=O)(=O)c3ccc(N4CCOCC4)nc3)CC2C1. The Balaban J connectivity index is 1.40. The Morgan fingerprint density at radius 3 is 2.46 bits per heavy atom. The molecule has 0 bridgehead atoms. The van der Waals surface area contributed by atoms with Gasteiger partial charge in [0.1, 0.15) is 10.7 Å². The highest BCUT2D eigenvalue weighted by Gasteiger charge is 2.45. The van der Waals surface area contributed by atoms with E-state index in [-0.39, 0.29) is 28.7 Å². The fourth-order valence-corrected chi connectivity index (χ4v) is 5.98. The van der Waals surface area contributed by atoms with E-state index in [1.165, 1.54) is 12.3 Å². The number of aromatic nitrogens is 1. The van der Waals surface area contributed by atoms with Gasteiger partial charge in [-0.3, -0.25) is 4.79 Å². The average molecular weight is 407 g/mol. The predicted octanol–water partition coefficient (Wildman–Crippen LogP) is 0.619. The van der Waals surface area contributed by atoms with Crippen LogP contribution in [0.1, 0.15) is 12.8 Å². The van der Waals surface area contributed by atoms with Crippen molar-refractivity contribution in [2.75, 3.05) is 44.3 Å². The van der Waals surface area contributed by atoms with Gasteiger partial charge in [-0.1, -0.05) is 6.58 Å². The van der Waals surface area contributed by atoms with Gasteiger partial charge in [-0.25, -0.2) is 13.4 Å². The van der Waals surface area contributed by atoms with Crippen LogP contribution >= 0.6 is 0 Å². The molecule has 28 heavy (non-hydrogen) atoms. The topological polar surface area (TPSA) is 91.8 Å². The fraction of sp³-hybridized carbons (Fsp3) is 0.579. The van der Waals surface area contributed by atoms with Crippen LogP contribution < -0.4 is 10.2 Å². The molecule has 2 aliphatic heterocycles. The maximum Gasteiger partial charge on any atom is 0.244 e. The van der Waals surface area contributed by atoms with Crippen molar-refractivity contribution in [1.29, 1.82) is 0 Å². The molecule has 2 saturated heterocycles. The normalized spacial score (nSPS) is 28.1. The summed E-state index contributed by atoms with van der Waals surface area (Å²) in [6.45, 7) is 7.31. The zero-order chi connectivity index (χ0) is 19.7. The quantitative estimate of drug-likeness (QED) is 0.721. The molecule has 1 saturated carbocycles. The second-order valence-corrected chi connectivity index (χ2v) is 9.61. The molecule has 0 spiro atoms. The molecule has 1 N–H and O–H groups in total. The molecule has 0 aromatic carbocycles. The van der Waals surface area contributed by atoms with E-state index in [1.807, 2.05) is 0 Å². The van der Waals surface area contributed by atoms with E-state index in [2.05, 4.69) is 21.8 Å². The number of fused-ring (bicyclic) bond motifs is 1. The first-order valence-corrected chi connectivity index (χ1v) is 11.1. The van der Waals surface area contributed by atoms with Gasteiger partial charge in [0, 0.05) is 38.4 Å². The minimum atomic E-state index is -3.55. The number of pyridine rings is 1. The predicted molar refractivity (Wildman–Crippen MR) is 104 cm³/mol. The molecule has 8 nitrogen and oxygen atoms in total. The number of carbonyl (C=O) groups excluding carboxylic acids is 1. The fourth-order valence-electron chi connectivity index (χ4n) is 4.48. The average Bonchev–Trinajstić information content (AvgIpc) is 3.28. The molecular formula is C19H26N4O4S. The molecule has 3 heterocycles. The van der Waals surface area contributed by atoms with E-state index in [9.17, 15) is 13.2 Å². The molecule has 0 radical (unpaired) electrons. The molecule has 3 fully saturated rings. The highest BCUT2D eigenvalue weighted by Crippen LogP contribution is 2.40. The summed E-state index contributed by atoms with van der Waals surface area (Å²) in [5.41, 5.74) is 0. The Labute approximate surface area is 165 Å². The van der Waals surface area contributed by atoms with Crippen molar-refractivity contribution in [3.8, 4) is 0 Å². The van der Waals surface area contributed by atoms with E-state index in [0.29, 0.717) is 26.3 Å². The van der Waals surface area contributed by atoms with Crippen molar-refractivity contribution in [3.63, 3.8) is 0 Å². The molecule has 2 atom stereocenters.